The predicted molar refractivity (Wildman–Crippen MR) is 67.2 cm³/mol. The number of nitrogens with zero attached hydrogens (tertiary/aromatic N) is 1. The molecule has 0 saturated heterocycles. The number of halogens is 1. The van der Waals surface area contributed by atoms with Crippen LogP contribution >= 0.6 is 15.9 Å². The molecule has 1 aromatic heterocycles. The summed E-state index contributed by atoms with van der Waals surface area (Å²) < 4.78 is 6.14. The number of rotatable bonds is 3. The smallest absolute Gasteiger partial charge is 0.260 e. The van der Waals surface area contributed by atoms with Crippen LogP contribution in [-0.2, 0) is 0 Å². The zero-order chi connectivity index (χ0) is 11.4. The molecule has 1 heterocycles. The lowest BCUT2D eigenvalue weighted by atomic mass is 10.2. The van der Waals surface area contributed by atoms with E-state index in [4.69, 9.17) is 4.42 Å². The second kappa shape index (κ2) is 4.90. The summed E-state index contributed by atoms with van der Waals surface area (Å²) in [5.41, 5.74) is 1.06. The van der Waals surface area contributed by atoms with Gasteiger partial charge in [0.15, 0.2) is 0 Å². The van der Waals surface area contributed by atoms with Crippen molar-refractivity contribution in [3.05, 3.63) is 57.1 Å². The lowest BCUT2D eigenvalue weighted by Crippen LogP contribution is -1.70. The fourth-order valence-electron chi connectivity index (χ4n) is 1.23. The van der Waals surface area contributed by atoms with Crippen molar-refractivity contribution in [2.24, 2.45) is 5.18 Å². The van der Waals surface area contributed by atoms with Crippen molar-refractivity contribution in [3.8, 4) is 0 Å². The molecule has 0 aliphatic heterocycles. The Hall–Kier alpha value is -1.68. The van der Waals surface area contributed by atoms with E-state index in [-0.39, 0.29) is 5.88 Å². The van der Waals surface area contributed by atoms with Gasteiger partial charge >= 0.3 is 0 Å². The minimum absolute atomic E-state index is 0.0930. The predicted octanol–water partition coefficient (Wildman–Crippen LogP) is 4.61. The van der Waals surface area contributed by atoms with Crippen molar-refractivity contribution in [1.82, 2.24) is 0 Å². The highest BCUT2D eigenvalue weighted by Crippen LogP contribution is 2.18. The summed E-state index contributed by atoms with van der Waals surface area (Å²) in [7, 11) is 0. The van der Waals surface area contributed by atoms with E-state index in [9.17, 15) is 4.91 Å². The molecule has 0 atom stereocenters. The average Bonchev–Trinajstić information content (AvgIpc) is 2.76. The summed E-state index contributed by atoms with van der Waals surface area (Å²) in [4.78, 5) is 10.2. The first-order valence-electron chi connectivity index (χ1n) is 4.65. The third-order valence-corrected chi connectivity index (χ3v) is 2.54. The van der Waals surface area contributed by atoms with E-state index in [1.165, 1.54) is 6.07 Å². The maximum Gasteiger partial charge on any atom is 0.260 e. The Labute approximate surface area is 101 Å². The van der Waals surface area contributed by atoms with Crippen molar-refractivity contribution < 1.29 is 4.42 Å². The molecule has 0 spiro atoms. The first-order valence-corrected chi connectivity index (χ1v) is 5.44. The van der Waals surface area contributed by atoms with E-state index >= 15 is 0 Å². The van der Waals surface area contributed by atoms with Gasteiger partial charge in [0.2, 0.25) is 0 Å². The molecule has 0 amide bonds. The van der Waals surface area contributed by atoms with Crippen LogP contribution in [0.3, 0.4) is 0 Å². The highest BCUT2D eigenvalue weighted by atomic mass is 79.9. The van der Waals surface area contributed by atoms with Crippen LogP contribution in [0.25, 0.3) is 12.2 Å². The monoisotopic (exact) mass is 277 g/mol. The van der Waals surface area contributed by atoms with Crippen LogP contribution in [0.15, 0.2) is 50.5 Å². The zero-order valence-electron chi connectivity index (χ0n) is 8.26. The highest BCUT2D eigenvalue weighted by Gasteiger charge is 1.97. The van der Waals surface area contributed by atoms with Gasteiger partial charge in [0.25, 0.3) is 5.88 Å². The van der Waals surface area contributed by atoms with Gasteiger partial charge in [-0.15, -0.1) is 4.91 Å². The van der Waals surface area contributed by atoms with Crippen molar-refractivity contribution in [1.29, 1.82) is 0 Å². The molecule has 0 aliphatic carbocycles. The van der Waals surface area contributed by atoms with E-state index < -0.39 is 0 Å². The standard InChI is InChI=1S/C12H8BrNO2/c13-10-4-1-9(2-5-10)3-6-11-7-8-12(14-15)16-11/h1-8H/b6-3+. The van der Waals surface area contributed by atoms with Gasteiger partial charge in [0, 0.05) is 15.7 Å². The molecule has 0 aliphatic rings. The summed E-state index contributed by atoms with van der Waals surface area (Å²) in [5, 5.41) is 2.70. The zero-order valence-corrected chi connectivity index (χ0v) is 9.85. The van der Waals surface area contributed by atoms with E-state index in [1.807, 2.05) is 30.3 Å². The van der Waals surface area contributed by atoms with Crippen molar-refractivity contribution >= 4 is 34.0 Å². The summed E-state index contributed by atoms with van der Waals surface area (Å²) in [6.45, 7) is 0. The fraction of sp³-hybridized carbons (Fsp3) is 0. The first-order chi connectivity index (χ1) is 7.78. The molecule has 0 saturated carbocycles. The second-order valence-electron chi connectivity index (χ2n) is 3.15. The van der Waals surface area contributed by atoms with Gasteiger partial charge in [0.05, 0.1) is 0 Å². The third-order valence-electron chi connectivity index (χ3n) is 2.01. The van der Waals surface area contributed by atoms with Gasteiger partial charge in [-0.2, -0.15) is 0 Å². The SMILES string of the molecule is O=Nc1ccc(/C=C/c2ccc(Br)cc2)o1. The van der Waals surface area contributed by atoms with E-state index in [0.717, 1.165) is 10.0 Å². The van der Waals surface area contributed by atoms with E-state index in [2.05, 4.69) is 21.1 Å². The second-order valence-corrected chi connectivity index (χ2v) is 4.07. The third kappa shape index (κ3) is 2.67. The maximum absolute atomic E-state index is 10.2. The summed E-state index contributed by atoms with van der Waals surface area (Å²) in [6, 6.07) is 11.1. The number of benzene rings is 1. The van der Waals surface area contributed by atoms with Gasteiger partial charge in [-0.05, 0) is 29.8 Å². The number of hydrogen-bond donors (Lipinski definition) is 0. The van der Waals surface area contributed by atoms with Gasteiger partial charge in [-0.3, -0.25) is 0 Å². The molecule has 0 fully saturated rings. The Kier molecular flexibility index (Phi) is 3.31. The Bertz CT molecular complexity index is 514. The molecule has 0 N–H and O–H groups in total. The average molecular weight is 278 g/mol. The molecule has 2 rings (SSSR count). The van der Waals surface area contributed by atoms with Crippen LogP contribution in [0.1, 0.15) is 11.3 Å². The molecule has 1 aromatic carbocycles. The number of nitroso groups, excluding NO2 is 1. The summed E-state index contributed by atoms with van der Waals surface area (Å²) in [6.07, 6.45) is 3.69. The number of furan rings is 1. The van der Waals surface area contributed by atoms with Gasteiger partial charge < -0.3 is 4.42 Å². The summed E-state index contributed by atoms with van der Waals surface area (Å²) in [5.74, 6) is 0.702. The molecule has 0 radical (unpaired) electrons. The van der Waals surface area contributed by atoms with Crippen molar-refractivity contribution in [3.63, 3.8) is 0 Å². The van der Waals surface area contributed by atoms with Gasteiger partial charge in [-0.25, -0.2) is 0 Å². The maximum atomic E-state index is 10.2. The first kappa shape index (κ1) is 10.8. The molecular weight excluding hydrogens is 270 g/mol. The van der Waals surface area contributed by atoms with Crippen LogP contribution in [0, 0.1) is 4.91 Å². The van der Waals surface area contributed by atoms with Crippen LogP contribution in [0.5, 0.6) is 0 Å². The van der Waals surface area contributed by atoms with Crippen molar-refractivity contribution in [2.45, 2.75) is 0 Å². The van der Waals surface area contributed by atoms with Crippen LogP contribution in [0.2, 0.25) is 0 Å². The topological polar surface area (TPSA) is 42.6 Å². The lowest BCUT2D eigenvalue weighted by molar-refractivity contribution is 0.567. The summed E-state index contributed by atoms with van der Waals surface area (Å²) >= 11 is 3.36. The number of hydrogen-bond acceptors (Lipinski definition) is 3. The van der Waals surface area contributed by atoms with Crippen LogP contribution < -0.4 is 0 Å². The Balaban J connectivity index is 2.14. The quantitative estimate of drug-likeness (QED) is 0.769. The Morgan fingerprint density at radius 3 is 2.44 bits per heavy atom. The van der Waals surface area contributed by atoms with Crippen LogP contribution in [-0.4, -0.2) is 0 Å². The fourth-order valence-corrected chi connectivity index (χ4v) is 1.50. The molecule has 80 valence electrons. The molecule has 2 aromatic rings. The molecule has 4 heteroatoms. The molecule has 0 bridgehead atoms. The molecule has 3 nitrogen and oxygen atoms in total. The molecule has 16 heavy (non-hydrogen) atoms. The highest BCUT2D eigenvalue weighted by molar-refractivity contribution is 9.10. The molecular formula is C12H8BrNO2. The van der Waals surface area contributed by atoms with Gasteiger partial charge in [0.1, 0.15) is 5.76 Å². The minimum atomic E-state index is 0.0930. The lowest BCUT2D eigenvalue weighted by Gasteiger charge is -1.92. The minimum Gasteiger partial charge on any atom is -0.436 e. The van der Waals surface area contributed by atoms with E-state index in [0.29, 0.717) is 5.76 Å². The Morgan fingerprint density at radius 1 is 1.06 bits per heavy atom. The van der Waals surface area contributed by atoms with Gasteiger partial charge in [-0.1, -0.05) is 34.1 Å². The normalized spacial score (nSPS) is 10.8. The van der Waals surface area contributed by atoms with E-state index in [1.54, 1.807) is 12.1 Å². The van der Waals surface area contributed by atoms with Crippen molar-refractivity contribution in [2.75, 3.05) is 0 Å². The van der Waals surface area contributed by atoms with Crippen LogP contribution in [0.4, 0.5) is 5.88 Å². The largest absolute Gasteiger partial charge is 0.436 e. The Morgan fingerprint density at radius 2 is 1.81 bits per heavy atom. The molecule has 0 unspecified atom stereocenters.